The minimum Gasteiger partial charge on any atom is -0.480 e. The highest BCUT2D eigenvalue weighted by Crippen LogP contribution is 2.24. The molecule has 2 rings (SSSR count). The van der Waals surface area contributed by atoms with Crippen molar-refractivity contribution in [2.24, 2.45) is 0 Å². The molecule has 2 aromatic rings. The number of rotatable bonds is 3. The molecule has 82 valence electrons. The lowest BCUT2D eigenvalue weighted by atomic mass is 10.1. The summed E-state index contributed by atoms with van der Waals surface area (Å²) in [6.07, 6.45) is 5.37. The van der Waals surface area contributed by atoms with Gasteiger partial charge in [-0.05, 0) is 6.07 Å². The Labute approximate surface area is 92.8 Å². The molecule has 2 aromatic heterocycles. The van der Waals surface area contributed by atoms with Crippen LogP contribution < -0.4 is 4.74 Å². The maximum absolute atomic E-state index is 10.1. The van der Waals surface area contributed by atoms with Gasteiger partial charge in [-0.3, -0.25) is 9.97 Å². The third kappa shape index (κ3) is 1.99. The van der Waals surface area contributed by atoms with Gasteiger partial charge in [0.2, 0.25) is 5.88 Å². The first-order valence-electron chi connectivity index (χ1n) is 4.76. The highest BCUT2D eigenvalue weighted by Gasteiger charge is 2.17. The van der Waals surface area contributed by atoms with Gasteiger partial charge in [0.1, 0.15) is 11.8 Å². The minimum absolute atomic E-state index is 0.318. The molecule has 1 unspecified atom stereocenters. The van der Waals surface area contributed by atoms with E-state index in [1.54, 1.807) is 24.5 Å². The smallest absolute Gasteiger partial charge is 0.238 e. The van der Waals surface area contributed by atoms with E-state index in [9.17, 15) is 5.11 Å². The van der Waals surface area contributed by atoms with E-state index in [-0.39, 0.29) is 0 Å². The largest absolute Gasteiger partial charge is 0.480 e. The molecule has 0 aromatic carbocycles. The number of hydrogen-bond acceptors (Lipinski definition) is 5. The van der Waals surface area contributed by atoms with E-state index in [0.717, 1.165) is 0 Å². The van der Waals surface area contributed by atoms with Gasteiger partial charge < -0.3 is 9.84 Å². The monoisotopic (exact) mass is 217 g/mol. The van der Waals surface area contributed by atoms with Crippen LogP contribution in [0.4, 0.5) is 0 Å². The molecule has 0 aliphatic rings. The second kappa shape index (κ2) is 4.67. The Kier molecular flexibility index (Phi) is 3.07. The standard InChI is InChI=1S/C11H11N3O2/c1-16-11-9(13-5-6-14-11)10(15)8-3-2-4-12-7-8/h2-7,10,15H,1H3. The zero-order chi connectivity index (χ0) is 11.4. The van der Waals surface area contributed by atoms with Crippen molar-refractivity contribution in [3.8, 4) is 5.88 Å². The van der Waals surface area contributed by atoms with Gasteiger partial charge in [-0.15, -0.1) is 0 Å². The molecule has 0 radical (unpaired) electrons. The molecule has 0 fully saturated rings. The summed E-state index contributed by atoms with van der Waals surface area (Å²) in [4.78, 5) is 12.0. The maximum Gasteiger partial charge on any atom is 0.238 e. The summed E-state index contributed by atoms with van der Waals surface area (Å²) < 4.78 is 5.03. The molecule has 1 N–H and O–H groups in total. The van der Waals surface area contributed by atoms with Crippen LogP contribution in [0.2, 0.25) is 0 Å². The zero-order valence-corrected chi connectivity index (χ0v) is 8.74. The van der Waals surface area contributed by atoms with E-state index < -0.39 is 6.10 Å². The highest BCUT2D eigenvalue weighted by molar-refractivity contribution is 5.28. The summed E-state index contributed by atoms with van der Waals surface area (Å²) >= 11 is 0. The quantitative estimate of drug-likeness (QED) is 0.829. The molecular weight excluding hydrogens is 206 g/mol. The average molecular weight is 217 g/mol. The number of aliphatic hydroxyl groups excluding tert-OH is 1. The second-order valence-corrected chi connectivity index (χ2v) is 3.14. The lowest BCUT2D eigenvalue weighted by molar-refractivity contribution is 0.207. The number of hydrogen-bond donors (Lipinski definition) is 1. The molecule has 5 heteroatoms. The Morgan fingerprint density at radius 2 is 2.06 bits per heavy atom. The fourth-order valence-electron chi connectivity index (χ4n) is 1.38. The van der Waals surface area contributed by atoms with Crippen molar-refractivity contribution in [3.63, 3.8) is 0 Å². The molecule has 0 saturated carbocycles. The number of aliphatic hydroxyl groups is 1. The van der Waals surface area contributed by atoms with Gasteiger partial charge in [0.15, 0.2) is 0 Å². The summed E-state index contributed by atoms with van der Waals surface area (Å²) in [5.74, 6) is 0.318. The summed E-state index contributed by atoms with van der Waals surface area (Å²) in [6, 6.07) is 3.52. The second-order valence-electron chi connectivity index (χ2n) is 3.14. The van der Waals surface area contributed by atoms with Gasteiger partial charge in [-0.2, -0.15) is 0 Å². The molecule has 0 aliphatic carbocycles. The van der Waals surface area contributed by atoms with Crippen LogP contribution in [0, 0.1) is 0 Å². The number of pyridine rings is 1. The van der Waals surface area contributed by atoms with Crippen molar-refractivity contribution in [1.29, 1.82) is 0 Å². The van der Waals surface area contributed by atoms with Crippen LogP contribution in [-0.4, -0.2) is 27.2 Å². The van der Waals surface area contributed by atoms with Crippen molar-refractivity contribution in [2.75, 3.05) is 7.11 Å². The zero-order valence-electron chi connectivity index (χ0n) is 8.74. The Hall–Kier alpha value is -2.01. The Morgan fingerprint density at radius 1 is 1.25 bits per heavy atom. The van der Waals surface area contributed by atoms with Crippen LogP contribution in [0.25, 0.3) is 0 Å². The molecule has 0 amide bonds. The van der Waals surface area contributed by atoms with Crippen LogP contribution >= 0.6 is 0 Å². The molecule has 2 heterocycles. The first-order valence-corrected chi connectivity index (χ1v) is 4.76. The number of aromatic nitrogens is 3. The van der Waals surface area contributed by atoms with Gasteiger partial charge in [0.05, 0.1) is 7.11 Å². The lowest BCUT2D eigenvalue weighted by Crippen LogP contribution is -2.06. The first-order chi connectivity index (χ1) is 7.83. The minimum atomic E-state index is -0.877. The van der Waals surface area contributed by atoms with E-state index in [4.69, 9.17) is 4.74 Å². The Bertz CT molecular complexity index is 462. The third-order valence-electron chi connectivity index (χ3n) is 2.14. The Morgan fingerprint density at radius 3 is 2.75 bits per heavy atom. The Balaban J connectivity index is 2.37. The average Bonchev–Trinajstić information content (AvgIpc) is 2.39. The van der Waals surface area contributed by atoms with Gasteiger partial charge in [-0.1, -0.05) is 6.07 Å². The maximum atomic E-state index is 10.1. The van der Waals surface area contributed by atoms with Gasteiger partial charge >= 0.3 is 0 Å². The van der Waals surface area contributed by atoms with Crippen molar-refractivity contribution >= 4 is 0 Å². The molecule has 16 heavy (non-hydrogen) atoms. The fraction of sp³-hybridized carbons (Fsp3) is 0.182. The van der Waals surface area contributed by atoms with Gasteiger partial charge in [0.25, 0.3) is 0 Å². The summed E-state index contributed by atoms with van der Waals surface area (Å²) in [5, 5.41) is 10.1. The summed E-state index contributed by atoms with van der Waals surface area (Å²) in [5.41, 5.74) is 1.04. The predicted octanol–water partition coefficient (Wildman–Crippen LogP) is 0.962. The van der Waals surface area contributed by atoms with Crippen molar-refractivity contribution in [3.05, 3.63) is 48.2 Å². The van der Waals surface area contributed by atoms with E-state index in [0.29, 0.717) is 17.1 Å². The van der Waals surface area contributed by atoms with E-state index in [1.807, 2.05) is 0 Å². The molecule has 5 nitrogen and oxygen atoms in total. The van der Waals surface area contributed by atoms with Gasteiger partial charge in [-0.25, -0.2) is 4.98 Å². The highest BCUT2D eigenvalue weighted by atomic mass is 16.5. The van der Waals surface area contributed by atoms with E-state index in [2.05, 4.69) is 15.0 Å². The fourth-order valence-corrected chi connectivity index (χ4v) is 1.38. The number of ether oxygens (including phenoxy) is 1. The summed E-state index contributed by atoms with van der Waals surface area (Å²) in [7, 11) is 1.49. The van der Waals surface area contributed by atoms with Crippen molar-refractivity contribution < 1.29 is 9.84 Å². The normalized spacial score (nSPS) is 12.1. The molecular formula is C11H11N3O2. The summed E-state index contributed by atoms with van der Waals surface area (Å²) in [6.45, 7) is 0. The van der Waals surface area contributed by atoms with Crippen molar-refractivity contribution in [2.45, 2.75) is 6.10 Å². The molecule has 0 saturated heterocycles. The van der Waals surface area contributed by atoms with Crippen LogP contribution in [-0.2, 0) is 0 Å². The number of methoxy groups -OCH3 is 1. The number of nitrogens with zero attached hydrogens (tertiary/aromatic N) is 3. The van der Waals surface area contributed by atoms with Crippen molar-refractivity contribution in [1.82, 2.24) is 15.0 Å². The first kappa shape index (κ1) is 10.5. The molecule has 0 spiro atoms. The van der Waals surface area contributed by atoms with Crippen LogP contribution in [0.3, 0.4) is 0 Å². The molecule has 0 bridgehead atoms. The predicted molar refractivity (Wildman–Crippen MR) is 56.9 cm³/mol. The van der Waals surface area contributed by atoms with E-state index in [1.165, 1.54) is 19.5 Å². The topological polar surface area (TPSA) is 68.1 Å². The van der Waals surface area contributed by atoms with Crippen LogP contribution in [0.15, 0.2) is 36.9 Å². The molecule has 0 aliphatic heterocycles. The SMILES string of the molecule is COc1nccnc1C(O)c1cccnc1. The van der Waals surface area contributed by atoms with Gasteiger partial charge in [0, 0.05) is 30.4 Å². The third-order valence-corrected chi connectivity index (χ3v) is 2.14. The molecule has 1 atom stereocenters. The van der Waals surface area contributed by atoms with Crippen LogP contribution in [0.1, 0.15) is 17.4 Å². The van der Waals surface area contributed by atoms with E-state index >= 15 is 0 Å². The van der Waals surface area contributed by atoms with Crippen LogP contribution in [0.5, 0.6) is 5.88 Å². The lowest BCUT2D eigenvalue weighted by Gasteiger charge is -2.11.